The smallest absolute Gasteiger partial charge is 0.0804 e. The van der Waals surface area contributed by atoms with Crippen molar-refractivity contribution in [2.75, 3.05) is 0 Å². The second kappa shape index (κ2) is 7.00. The van der Waals surface area contributed by atoms with Crippen LogP contribution >= 0.6 is 11.6 Å². The predicted octanol–water partition coefficient (Wildman–Crippen LogP) is 3.36. The van der Waals surface area contributed by atoms with E-state index in [1.807, 2.05) is 38.1 Å². The van der Waals surface area contributed by atoms with Gasteiger partial charge in [-0.3, -0.25) is 0 Å². The van der Waals surface area contributed by atoms with E-state index < -0.39 is 12.2 Å². The molecule has 0 spiro atoms. The fraction of sp³-hybridized carbons (Fsp3) is 0.571. The fourth-order valence-electron chi connectivity index (χ4n) is 1.93. The first kappa shape index (κ1) is 14.5. The molecule has 1 rings (SSSR count). The first-order valence-corrected chi connectivity index (χ1v) is 6.54. The van der Waals surface area contributed by atoms with Crippen molar-refractivity contribution in [1.82, 2.24) is 0 Å². The van der Waals surface area contributed by atoms with Crippen molar-refractivity contribution >= 4 is 11.6 Å². The van der Waals surface area contributed by atoms with Gasteiger partial charge in [0.25, 0.3) is 0 Å². The van der Waals surface area contributed by atoms with Gasteiger partial charge in [-0.25, -0.2) is 0 Å². The average Bonchev–Trinajstić information content (AvgIpc) is 2.30. The van der Waals surface area contributed by atoms with E-state index in [0.29, 0.717) is 17.9 Å². The molecule has 0 saturated heterocycles. The van der Waals surface area contributed by atoms with Crippen molar-refractivity contribution in [2.45, 2.75) is 51.2 Å². The van der Waals surface area contributed by atoms with E-state index in [4.69, 9.17) is 11.6 Å². The average molecular weight is 257 g/mol. The minimum atomic E-state index is -0.652. The molecule has 1 aromatic rings. The number of hydrogen-bond acceptors (Lipinski definition) is 2. The van der Waals surface area contributed by atoms with Crippen LogP contribution in [0.15, 0.2) is 24.3 Å². The lowest BCUT2D eigenvalue weighted by Gasteiger charge is -2.21. The molecule has 0 bridgehead atoms. The first-order valence-electron chi connectivity index (χ1n) is 6.16. The van der Waals surface area contributed by atoms with Crippen LogP contribution in [0.25, 0.3) is 0 Å². The Bertz CT molecular complexity index is 323. The molecule has 0 aliphatic carbocycles. The number of rotatable bonds is 6. The Labute approximate surface area is 108 Å². The third-order valence-electron chi connectivity index (χ3n) is 3.06. The molecule has 0 amide bonds. The minimum Gasteiger partial charge on any atom is -0.390 e. The molecule has 0 radical (unpaired) electrons. The summed E-state index contributed by atoms with van der Waals surface area (Å²) in [6, 6.07) is 7.63. The molecular formula is C14H21ClO2. The quantitative estimate of drug-likeness (QED) is 0.819. The van der Waals surface area contributed by atoms with E-state index in [9.17, 15) is 10.2 Å². The fourth-order valence-corrected chi connectivity index (χ4v) is 2.06. The zero-order valence-corrected chi connectivity index (χ0v) is 11.2. The van der Waals surface area contributed by atoms with Gasteiger partial charge in [0, 0.05) is 5.02 Å². The number of aliphatic hydroxyl groups is 2. The predicted molar refractivity (Wildman–Crippen MR) is 71.4 cm³/mol. The van der Waals surface area contributed by atoms with Gasteiger partial charge in [0.1, 0.15) is 0 Å². The van der Waals surface area contributed by atoms with Gasteiger partial charge in [-0.05, 0) is 36.5 Å². The normalized spacial score (nSPS) is 16.5. The van der Waals surface area contributed by atoms with E-state index >= 15 is 0 Å². The standard InChI is InChI=1S/C14H21ClO2/c1-3-4-13(16)14(17)9-10(2)11-5-7-12(15)8-6-11/h5-8,10,13-14,16-17H,3-4,9H2,1-2H3. The Hall–Kier alpha value is -0.570. The molecule has 0 heterocycles. The third kappa shape index (κ3) is 4.66. The summed E-state index contributed by atoms with van der Waals surface area (Å²) in [5.41, 5.74) is 1.14. The van der Waals surface area contributed by atoms with E-state index in [1.165, 1.54) is 0 Å². The van der Waals surface area contributed by atoms with Crippen LogP contribution in [0.5, 0.6) is 0 Å². The van der Waals surface area contributed by atoms with Crippen LogP contribution in [0.4, 0.5) is 0 Å². The summed E-state index contributed by atoms with van der Waals surface area (Å²) in [5.74, 6) is 0.216. The van der Waals surface area contributed by atoms with Crippen molar-refractivity contribution in [3.05, 3.63) is 34.9 Å². The summed E-state index contributed by atoms with van der Waals surface area (Å²) in [6.45, 7) is 4.05. The maximum atomic E-state index is 9.86. The van der Waals surface area contributed by atoms with E-state index in [-0.39, 0.29) is 5.92 Å². The minimum absolute atomic E-state index is 0.216. The van der Waals surface area contributed by atoms with Crippen LogP contribution in [0.1, 0.15) is 44.6 Å². The highest BCUT2D eigenvalue weighted by Gasteiger charge is 2.19. The monoisotopic (exact) mass is 256 g/mol. The first-order chi connectivity index (χ1) is 8.04. The largest absolute Gasteiger partial charge is 0.390 e. The number of hydrogen-bond donors (Lipinski definition) is 2. The van der Waals surface area contributed by atoms with Gasteiger partial charge in [-0.2, -0.15) is 0 Å². The van der Waals surface area contributed by atoms with Crippen LogP contribution in [0, 0.1) is 0 Å². The molecule has 2 N–H and O–H groups in total. The highest BCUT2D eigenvalue weighted by atomic mass is 35.5. The van der Waals surface area contributed by atoms with Gasteiger partial charge in [0.05, 0.1) is 12.2 Å². The van der Waals surface area contributed by atoms with Gasteiger partial charge in [0.2, 0.25) is 0 Å². The molecular weight excluding hydrogens is 236 g/mol. The van der Waals surface area contributed by atoms with Crippen molar-refractivity contribution in [3.63, 3.8) is 0 Å². The molecule has 0 aliphatic heterocycles. The highest BCUT2D eigenvalue weighted by molar-refractivity contribution is 6.30. The topological polar surface area (TPSA) is 40.5 Å². The Morgan fingerprint density at radius 2 is 1.71 bits per heavy atom. The highest BCUT2D eigenvalue weighted by Crippen LogP contribution is 2.24. The van der Waals surface area contributed by atoms with Crippen molar-refractivity contribution in [3.8, 4) is 0 Å². The summed E-state index contributed by atoms with van der Waals surface area (Å²) >= 11 is 5.82. The summed E-state index contributed by atoms with van der Waals surface area (Å²) in [6.07, 6.45) is 0.834. The molecule has 0 aromatic heterocycles. The molecule has 0 aliphatic rings. The lowest BCUT2D eigenvalue weighted by molar-refractivity contribution is 0.00638. The zero-order chi connectivity index (χ0) is 12.8. The third-order valence-corrected chi connectivity index (χ3v) is 3.31. The van der Waals surface area contributed by atoms with Gasteiger partial charge in [0.15, 0.2) is 0 Å². The van der Waals surface area contributed by atoms with Crippen molar-refractivity contribution < 1.29 is 10.2 Å². The summed E-state index contributed by atoms with van der Waals surface area (Å²) < 4.78 is 0. The van der Waals surface area contributed by atoms with Crippen LogP contribution in [-0.4, -0.2) is 22.4 Å². The van der Waals surface area contributed by atoms with Gasteiger partial charge >= 0.3 is 0 Å². The van der Waals surface area contributed by atoms with Gasteiger partial charge in [-0.1, -0.05) is 44.0 Å². The molecule has 3 heteroatoms. The van der Waals surface area contributed by atoms with Crippen molar-refractivity contribution in [1.29, 1.82) is 0 Å². The van der Waals surface area contributed by atoms with Crippen LogP contribution in [0.3, 0.4) is 0 Å². The van der Waals surface area contributed by atoms with Crippen molar-refractivity contribution in [2.24, 2.45) is 0 Å². The van der Waals surface area contributed by atoms with Gasteiger partial charge < -0.3 is 10.2 Å². The summed E-state index contributed by atoms with van der Waals surface area (Å²) in [7, 11) is 0. The number of aliphatic hydroxyl groups excluding tert-OH is 2. The van der Waals surface area contributed by atoms with E-state index in [1.54, 1.807) is 0 Å². The molecule has 96 valence electrons. The zero-order valence-electron chi connectivity index (χ0n) is 10.4. The van der Waals surface area contributed by atoms with Crippen LogP contribution < -0.4 is 0 Å². The Morgan fingerprint density at radius 3 is 2.24 bits per heavy atom. The lowest BCUT2D eigenvalue weighted by Crippen LogP contribution is -2.27. The van der Waals surface area contributed by atoms with Crippen LogP contribution in [0.2, 0.25) is 5.02 Å². The summed E-state index contributed by atoms with van der Waals surface area (Å²) in [5, 5.41) is 20.3. The molecule has 1 aromatic carbocycles. The van der Waals surface area contributed by atoms with E-state index in [2.05, 4.69) is 0 Å². The second-order valence-electron chi connectivity index (χ2n) is 4.61. The maximum Gasteiger partial charge on any atom is 0.0804 e. The maximum absolute atomic E-state index is 9.86. The molecule has 3 atom stereocenters. The van der Waals surface area contributed by atoms with Gasteiger partial charge in [-0.15, -0.1) is 0 Å². The SMILES string of the molecule is CCCC(O)C(O)CC(C)c1ccc(Cl)cc1. The number of halogens is 1. The molecule has 0 saturated carbocycles. The molecule has 17 heavy (non-hydrogen) atoms. The molecule has 0 fully saturated rings. The second-order valence-corrected chi connectivity index (χ2v) is 5.05. The van der Waals surface area contributed by atoms with E-state index in [0.717, 1.165) is 12.0 Å². The Kier molecular flexibility index (Phi) is 5.96. The van der Waals surface area contributed by atoms with Crippen LogP contribution in [-0.2, 0) is 0 Å². The summed E-state index contributed by atoms with van der Waals surface area (Å²) in [4.78, 5) is 0. The Morgan fingerprint density at radius 1 is 1.12 bits per heavy atom. The lowest BCUT2D eigenvalue weighted by atomic mass is 9.92. The Balaban J connectivity index is 2.53. The molecule has 3 unspecified atom stereocenters. The molecule has 2 nitrogen and oxygen atoms in total. The number of benzene rings is 1.